The van der Waals surface area contributed by atoms with Crippen LogP contribution >= 0.6 is 0 Å². The van der Waals surface area contributed by atoms with Crippen molar-refractivity contribution in [3.8, 4) is 11.5 Å². The van der Waals surface area contributed by atoms with E-state index in [1.807, 2.05) is 25.1 Å². The van der Waals surface area contributed by atoms with Gasteiger partial charge in [0, 0.05) is 16.8 Å². The molecule has 1 N–H and O–H groups in total. The Bertz CT molecular complexity index is 901. The summed E-state index contributed by atoms with van der Waals surface area (Å²) in [6, 6.07) is 10.4. The summed E-state index contributed by atoms with van der Waals surface area (Å²) >= 11 is 0. The first kappa shape index (κ1) is 17.5. The van der Waals surface area contributed by atoms with Crippen LogP contribution in [0.25, 0.3) is 11.6 Å². The van der Waals surface area contributed by atoms with Crippen LogP contribution in [0.1, 0.15) is 28.4 Å². The highest BCUT2D eigenvalue weighted by Crippen LogP contribution is 2.38. The van der Waals surface area contributed by atoms with E-state index in [1.54, 1.807) is 31.4 Å². The number of rotatable bonds is 5. The maximum absolute atomic E-state index is 12.5. The Balaban J connectivity index is 2.10. The van der Waals surface area contributed by atoms with Gasteiger partial charge in [0.05, 0.1) is 32.0 Å². The number of esters is 1. The fraction of sp³-hybridized carbons (Fsp3) is 0.200. The molecule has 2 aromatic rings. The quantitative estimate of drug-likeness (QED) is 0.659. The van der Waals surface area contributed by atoms with Crippen molar-refractivity contribution in [3.63, 3.8) is 0 Å². The zero-order valence-corrected chi connectivity index (χ0v) is 14.8. The third-order valence-corrected chi connectivity index (χ3v) is 4.06. The Kier molecular flexibility index (Phi) is 4.93. The van der Waals surface area contributed by atoms with Crippen molar-refractivity contribution in [3.05, 3.63) is 53.1 Å². The fourth-order valence-corrected chi connectivity index (χ4v) is 2.85. The Hall–Kier alpha value is -3.28. The predicted octanol–water partition coefficient (Wildman–Crippen LogP) is 3.37. The van der Waals surface area contributed by atoms with E-state index in [-0.39, 0.29) is 5.91 Å². The van der Waals surface area contributed by atoms with Crippen molar-refractivity contribution < 1.29 is 23.8 Å². The highest BCUT2D eigenvalue weighted by atomic mass is 16.5. The van der Waals surface area contributed by atoms with Gasteiger partial charge in [-0.25, -0.2) is 4.79 Å². The smallest absolute Gasteiger partial charge is 0.337 e. The lowest BCUT2D eigenvalue weighted by Crippen LogP contribution is -2.05. The van der Waals surface area contributed by atoms with Gasteiger partial charge in [0.2, 0.25) is 0 Å². The van der Waals surface area contributed by atoms with E-state index in [9.17, 15) is 9.59 Å². The zero-order chi connectivity index (χ0) is 18.7. The minimum absolute atomic E-state index is 0.254. The van der Waals surface area contributed by atoms with E-state index < -0.39 is 5.97 Å². The lowest BCUT2D eigenvalue weighted by atomic mass is 10.0. The number of nitrogens with one attached hydrogen (secondary N) is 1. The average Bonchev–Trinajstić information content (AvgIpc) is 2.97. The van der Waals surface area contributed by atoms with Gasteiger partial charge in [-0.3, -0.25) is 4.79 Å². The van der Waals surface area contributed by atoms with Crippen molar-refractivity contribution in [2.45, 2.75) is 6.92 Å². The van der Waals surface area contributed by atoms with Crippen LogP contribution in [0.5, 0.6) is 11.5 Å². The summed E-state index contributed by atoms with van der Waals surface area (Å²) in [6.45, 7) is 2.39. The average molecular weight is 353 g/mol. The summed E-state index contributed by atoms with van der Waals surface area (Å²) in [5, 5.41) is 2.78. The maximum Gasteiger partial charge on any atom is 0.337 e. The molecule has 1 aliphatic rings. The van der Waals surface area contributed by atoms with Crippen LogP contribution in [0.15, 0.2) is 36.4 Å². The molecule has 0 saturated carbocycles. The van der Waals surface area contributed by atoms with Crippen LogP contribution in [0.3, 0.4) is 0 Å². The Morgan fingerprint density at radius 3 is 2.62 bits per heavy atom. The van der Waals surface area contributed by atoms with Gasteiger partial charge in [0.15, 0.2) is 0 Å². The molecule has 0 unspecified atom stereocenters. The molecule has 0 bridgehead atoms. The highest BCUT2D eigenvalue weighted by Gasteiger charge is 2.26. The molecule has 0 spiro atoms. The highest BCUT2D eigenvalue weighted by molar-refractivity contribution is 6.35. The molecule has 26 heavy (non-hydrogen) atoms. The van der Waals surface area contributed by atoms with E-state index in [4.69, 9.17) is 14.2 Å². The van der Waals surface area contributed by atoms with Crippen LogP contribution < -0.4 is 14.8 Å². The second-order valence-corrected chi connectivity index (χ2v) is 5.57. The van der Waals surface area contributed by atoms with Gasteiger partial charge in [0.1, 0.15) is 11.5 Å². The van der Waals surface area contributed by atoms with E-state index in [1.165, 1.54) is 7.11 Å². The van der Waals surface area contributed by atoms with Gasteiger partial charge in [-0.1, -0.05) is 12.1 Å². The number of carbonyl (C=O) groups excluding carboxylic acids is 2. The van der Waals surface area contributed by atoms with Gasteiger partial charge >= 0.3 is 5.97 Å². The molecule has 0 atom stereocenters. The first-order valence-corrected chi connectivity index (χ1v) is 8.14. The number of ether oxygens (including phenoxy) is 3. The second kappa shape index (κ2) is 7.31. The first-order valence-electron chi connectivity index (χ1n) is 8.14. The molecule has 1 aliphatic heterocycles. The van der Waals surface area contributed by atoms with Crippen LogP contribution in [0.2, 0.25) is 0 Å². The van der Waals surface area contributed by atoms with E-state index in [2.05, 4.69) is 5.32 Å². The molecule has 2 aromatic carbocycles. The lowest BCUT2D eigenvalue weighted by Gasteiger charge is -2.12. The fourth-order valence-electron chi connectivity index (χ4n) is 2.85. The number of anilines is 1. The standard InChI is InChI=1S/C20H19NO5/c1-4-26-18-7-5-6-17(24-2)15(18)11-14-13-9-8-12(20(23)25-3)10-16(13)21-19(14)22/h5-11H,4H2,1-3H3,(H,21,22). The van der Waals surface area contributed by atoms with Crippen molar-refractivity contribution in [1.29, 1.82) is 0 Å². The molecule has 0 aliphatic carbocycles. The molecular formula is C20H19NO5. The zero-order valence-electron chi connectivity index (χ0n) is 14.8. The third kappa shape index (κ3) is 3.13. The number of amides is 1. The van der Waals surface area contributed by atoms with Crippen molar-refractivity contribution in [2.24, 2.45) is 0 Å². The summed E-state index contributed by atoms with van der Waals surface area (Å²) < 4.78 is 15.8. The van der Waals surface area contributed by atoms with Gasteiger partial charge in [-0.2, -0.15) is 0 Å². The van der Waals surface area contributed by atoms with Crippen LogP contribution in [-0.2, 0) is 9.53 Å². The predicted molar refractivity (Wildman–Crippen MR) is 98.4 cm³/mol. The van der Waals surface area contributed by atoms with Gasteiger partial charge in [-0.15, -0.1) is 0 Å². The molecule has 0 radical (unpaired) electrons. The normalized spacial score (nSPS) is 14.0. The Labute approximate surface area is 151 Å². The third-order valence-electron chi connectivity index (χ3n) is 4.06. The van der Waals surface area contributed by atoms with Crippen LogP contribution in [0, 0.1) is 0 Å². The van der Waals surface area contributed by atoms with Crippen molar-refractivity contribution in [1.82, 2.24) is 0 Å². The lowest BCUT2D eigenvalue weighted by molar-refractivity contribution is -0.110. The van der Waals surface area contributed by atoms with Gasteiger partial charge < -0.3 is 19.5 Å². The monoisotopic (exact) mass is 353 g/mol. The minimum Gasteiger partial charge on any atom is -0.496 e. The molecule has 0 aromatic heterocycles. The largest absolute Gasteiger partial charge is 0.496 e. The summed E-state index contributed by atoms with van der Waals surface area (Å²) in [6.07, 6.45) is 1.74. The van der Waals surface area contributed by atoms with Crippen molar-refractivity contribution >= 4 is 29.2 Å². The molecule has 3 rings (SSSR count). The second-order valence-electron chi connectivity index (χ2n) is 5.57. The number of hydrogen-bond donors (Lipinski definition) is 1. The minimum atomic E-state index is -0.456. The SMILES string of the molecule is CCOc1cccc(OC)c1C=C1C(=O)Nc2cc(C(=O)OC)ccc21. The molecule has 0 fully saturated rings. The molecule has 0 saturated heterocycles. The molecule has 1 amide bonds. The van der Waals surface area contributed by atoms with Gasteiger partial charge in [0.25, 0.3) is 5.91 Å². The van der Waals surface area contributed by atoms with E-state index in [0.717, 1.165) is 0 Å². The summed E-state index contributed by atoms with van der Waals surface area (Å²) in [5.41, 5.74) is 2.81. The number of hydrogen-bond acceptors (Lipinski definition) is 5. The summed E-state index contributed by atoms with van der Waals surface area (Å²) in [7, 11) is 2.88. The molecule has 134 valence electrons. The van der Waals surface area contributed by atoms with E-state index in [0.29, 0.717) is 46.1 Å². The first-order chi connectivity index (χ1) is 12.6. The molecule has 6 nitrogen and oxygen atoms in total. The van der Waals surface area contributed by atoms with E-state index >= 15 is 0 Å². The number of methoxy groups -OCH3 is 2. The number of carbonyl (C=O) groups is 2. The molecular weight excluding hydrogens is 334 g/mol. The Morgan fingerprint density at radius 2 is 1.92 bits per heavy atom. The topological polar surface area (TPSA) is 73.9 Å². The summed E-state index contributed by atoms with van der Waals surface area (Å²) in [5.74, 6) is 0.529. The molecule has 1 heterocycles. The Morgan fingerprint density at radius 1 is 1.15 bits per heavy atom. The number of fused-ring (bicyclic) bond motifs is 1. The number of benzene rings is 2. The van der Waals surface area contributed by atoms with Crippen LogP contribution in [0.4, 0.5) is 5.69 Å². The summed E-state index contributed by atoms with van der Waals surface area (Å²) in [4.78, 5) is 24.2. The maximum atomic E-state index is 12.5. The van der Waals surface area contributed by atoms with Crippen molar-refractivity contribution in [2.75, 3.05) is 26.1 Å². The van der Waals surface area contributed by atoms with Crippen LogP contribution in [-0.4, -0.2) is 32.7 Å². The molecule has 6 heteroatoms. The van der Waals surface area contributed by atoms with Gasteiger partial charge in [-0.05, 0) is 37.3 Å².